The van der Waals surface area contributed by atoms with Crippen LogP contribution in [0.2, 0.25) is 0 Å². The van der Waals surface area contributed by atoms with Gasteiger partial charge in [-0.25, -0.2) is 18.1 Å². The van der Waals surface area contributed by atoms with Gasteiger partial charge in [-0.15, -0.1) is 11.3 Å². The van der Waals surface area contributed by atoms with Gasteiger partial charge in [0.25, 0.3) is 10.0 Å². The minimum absolute atomic E-state index is 0.122. The Kier molecular flexibility index (Phi) is 2.24. The lowest BCUT2D eigenvalue weighted by atomic mass is 10.3. The highest BCUT2D eigenvalue weighted by molar-refractivity contribution is 7.91. The van der Waals surface area contributed by atoms with Crippen molar-refractivity contribution in [2.75, 3.05) is 0 Å². The average molecular weight is 254 g/mol. The van der Waals surface area contributed by atoms with Crippen LogP contribution in [0.4, 0.5) is 0 Å². The lowest BCUT2D eigenvalue weighted by Gasteiger charge is -1.99. The number of nitrogens with one attached hydrogen (secondary N) is 1. The maximum Gasteiger partial charge on any atom is 0.268 e. The maximum atomic E-state index is 11.9. The molecule has 1 fully saturated rings. The van der Waals surface area contributed by atoms with E-state index < -0.39 is 10.0 Å². The summed E-state index contributed by atoms with van der Waals surface area (Å²) in [5.41, 5.74) is 0.740. The Morgan fingerprint density at radius 1 is 1.31 bits per heavy atom. The molecule has 2 aromatic rings. The lowest BCUT2D eigenvalue weighted by Crippen LogP contribution is -2.25. The Morgan fingerprint density at radius 3 is 2.75 bits per heavy atom. The summed E-state index contributed by atoms with van der Waals surface area (Å²) in [6, 6.07) is 7.56. The third kappa shape index (κ3) is 1.83. The molecule has 0 aliphatic heterocycles. The molecule has 0 saturated heterocycles. The number of hydrogen-bond donors (Lipinski definition) is 1. The van der Waals surface area contributed by atoms with Crippen LogP contribution in [0.1, 0.15) is 12.8 Å². The standard InChI is InChI=1S/C10H10N2O2S2/c13-16(14,12-7-5-6-7)10-11-8-3-1-2-4-9(8)15-10/h1-4,7,12H,5-6H2. The number of nitrogens with zero attached hydrogens (tertiary/aromatic N) is 1. The molecule has 0 amide bonds. The van der Waals surface area contributed by atoms with E-state index in [9.17, 15) is 8.42 Å². The molecule has 1 heterocycles. The van der Waals surface area contributed by atoms with Crippen LogP contribution in [0.5, 0.6) is 0 Å². The van der Waals surface area contributed by atoms with Gasteiger partial charge in [-0.2, -0.15) is 0 Å². The largest absolute Gasteiger partial charge is 0.268 e. The third-order valence-corrected chi connectivity index (χ3v) is 5.34. The number of para-hydroxylation sites is 1. The molecule has 0 spiro atoms. The second-order valence-corrected chi connectivity index (χ2v) is 6.76. The van der Waals surface area contributed by atoms with Crippen molar-refractivity contribution in [3.63, 3.8) is 0 Å². The van der Waals surface area contributed by atoms with E-state index in [0.29, 0.717) is 0 Å². The van der Waals surface area contributed by atoms with Crippen LogP contribution in [-0.2, 0) is 10.0 Å². The topological polar surface area (TPSA) is 59.1 Å². The van der Waals surface area contributed by atoms with E-state index in [4.69, 9.17) is 0 Å². The maximum absolute atomic E-state index is 11.9. The molecular weight excluding hydrogens is 244 g/mol. The Balaban J connectivity index is 2.04. The monoisotopic (exact) mass is 254 g/mol. The predicted octanol–water partition coefficient (Wildman–Crippen LogP) is 1.74. The smallest absolute Gasteiger partial charge is 0.224 e. The van der Waals surface area contributed by atoms with Gasteiger partial charge in [-0.3, -0.25) is 0 Å². The summed E-state index contributed by atoms with van der Waals surface area (Å²) in [5.74, 6) is 0. The van der Waals surface area contributed by atoms with Gasteiger partial charge < -0.3 is 0 Å². The molecule has 0 bridgehead atoms. The van der Waals surface area contributed by atoms with Gasteiger partial charge in [-0.05, 0) is 25.0 Å². The van der Waals surface area contributed by atoms with Crippen LogP contribution in [0.3, 0.4) is 0 Å². The summed E-state index contributed by atoms with van der Waals surface area (Å²) in [7, 11) is -3.40. The third-order valence-electron chi connectivity index (χ3n) is 2.40. The first kappa shape index (κ1) is 10.2. The number of hydrogen-bond acceptors (Lipinski definition) is 4. The normalized spacial score (nSPS) is 16.8. The zero-order valence-corrected chi connectivity index (χ0v) is 10.0. The quantitative estimate of drug-likeness (QED) is 0.907. The number of thiazole rings is 1. The molecule has 1 aliphatic rings. The molecule has 1 saturated carbocycles. The zero-order chi connectivity index (χ0) is 11.2. The van der Waals surface area contributed by atoms with Crippen LogP contribution in [0, 0.1) is 0 Å². The summed E-state index contributed by atoms with van der Waals surface area (Å²) in [6.45, 7) is 0. The predicted molar refractivity (Wildman–Crippen MR) is 63.0 cm³/mol. The summed E-state index contributed by atoms with van der Waals surface area (Å²) >= 11 is 1.21. The van der Waals surface area contributed by atoms with E-state index in [0.717, 1.165) is 23.1 Å². The van der Waals surface area contributed by atoms with Crippen molar-refractivity contribution < 1.29 is 8.42 Å². The molecular formula is C10H10N2O2S2. The van der Waals surface area contributed by atoms with Crippen molar-refractivity contribution in [2.24, 2.45) is 0 Å². The molecule has 0 unspecified atom stereocenters. The van der Waals surface area contributed by atoms with Crippen molar-refractivity contribution in [3.8, 4) is 0 Å². The fraction of sp³-hybridized carbons (Fsp3) is 0.300. The van der Waals surface area contributed by atoms with Gasteiger partial charge in [0.05, 0.1) is 10.2 Å². The van der Waals surface area contributed by atoms with Crippen LogP contribution in [-0.4, -0.2) is 19.4 Å². The van der Waals surface area contributed by atoms with Gasteiger partial charge in [-0.1, -0.05) is 12.1 Å². The lowest BCUT2D eigenvalue weighted by molar-refractivity contribution is 0.580. The SMILES string of the molecule is O=S(=O)(NC1CC1)c1nc2ccccc2s1. The van der Waals surface area contributed by atoms with E-state index in [-0.39, 0.29) is 10.4 Å². The van der Waals surface area contributed by atoms with Crippen molar-refractivity contribution >= 4 is 31.6 Å². The minimum Gasteiger partial charge on any atom is -0.224 e. The highest BCUT2D eigenvalue weighted by atomic mass is 32.2. The van der Waals surface area contributed by atoms with Crippen LogP contribution in [0.15, 0.2) is 28.6 Å². The fourth-order valence-corrected chi connectivity index (χ4v) is 3.98. The molecule has 4 nitrogen and oxygen atoms in total. The van der Waals surface area contributed by atoms with Crippen molar-refractivity contribution in [3.05, 3.63) is 24.3 Å². The van der Waals surface area contributed by atoms with Gasteiger partial charge in [0, 0.05) is 6.04 Å². The number of sulfonamides is 1. The zero-order valence-electron chi connectivity index (χ0n) is 8.38. The summed E-state index contributed by atoms with van der Waals surface area (Å²) in [5, 5.41) is 0. The number of aromatic nitrogens is 1. The van der Waals surface area contributed by atoms with Crippen LogP contribution < -0.4 is 4.72 Å². The van der Waals surface area contributed by atoms with E-state index >= 15 is 0 Å². The van der Waals surface area contributed by atoms with E-state index in [1.165, 1.54) is 11.3 Å². The Hall–Kier alpha value is -0.980. The Morgan fingerprint density at radius 2 is 2.06 bits per heavy atom. The molecule has 1 aliphatic carbocycles. The second kappa shape index (κ2) is 3.51. The highest BCUT2D eigenvalue weighted by Gasteiger charge is 2.29. The van der Waals surface area contributed by atoms with Crippen LogP contribution in [0.25, 0.3) is 10.2 Å². The van der Waals surface area contributed by atoms with Gasteiger partial charge >= 0.3 is 0 Å². The summed E-state index contributed by atoms with van der Waals surface area (Å²) < 4.78 is 27.5. The molecule has 3 rings (SSSR count). The van der Waals surface area contributed by atoms with Gasteiger partial charge in [0.1, 0.15) is 0 Å². The van der Waals surface area contributed by atoms with E-state index in [2.05, 4.69) is 9.71 Å². The molecule has 1 aromatic carbocycles. The van der Waals surface area contributed by atoms with E-state index in [1.807, 2.05) is 24.3 Å². The number of rotatable bonds is 3. The Labute approximate surface area is 97.4 Å². The van der Waals surface area contributed by atoms with Crippen molar-refractivity contribution in [2.45, 2.75) is 23.2 Å². The molecule has 6 heteroatoms. The molecule has 16 heavy (non-hydrogen) atoms. The minimum atomic E-state index is -3.40. The molecule has 84 valence electrons. The Bertz CT molecular complexity index is 596. The number of fused-ring (bicyclic) bond motifs is 1. The molecule has 0 radical (unpaired) electrons. The second-order valence-electron chi connectivity index (χ2n) is 3.84. The highest BCUT2D eigenvalue weighted by Crippen LogP contribution is 2.27. The van der Waals surface area contributed by atoms with Crippen LogP contribution >= 0.6 is 11.3 Å². The molecule has 1 aromatic heterocycles. The van der Waals surface area contributed by atoms with Crippen molar-refractivity contribution in [1.29, 1.82) is 0 Å². The van der Waals surface area contributed by atoms with Gasteiger partial charge in [0.2, 0.25) is 4.34 Å². The first-order chi connectivity index (χ1) is 7.65. The average Bonchev–Trinajstić information content (AvgIpc) is 2.94. The summed E-state index contributed by atoms with van der Waals surface area (Å²) in [6.07, 6.45) is 1.87. The number of benzene rings is 1. The first-order valence-corrected chi connectivity index (χ1v) is 7.33. The van der Waals surface area contributed by atoms with E-state index in [1.54, 1.807) is 0 Å². The molecule has 1 N–H and O–H groups in total. The molecule has 0 atom stereocenters. The van der Waals surface area contributed by atoms with Gasteiger partial charge in [0.15, 0.2) is 0 Å². The fourth-order valence-electron chi connectivity index (χ4n) is 1.44. The summed E-state index contributed by atoms with van der Waals surface area (Å²) in [4.78, 5) is 4.13. The van der Waals surface area contributed by atoms with Crippen molar-refractivity contribution in [1.82, 2.24) is 9.71 Å². The first-order valence-electron chi connectivity index (χ1n) is 5.03.